The van der Waals surface area contributed by atoms with E-state index < -0.39 is 5.38 Å². The molecule has 0 aliphatic heterocycles. The van der Waals surface area contributed by atoms with E-state index in [1.165, 1.54) is 5.06 Å². The smallest absolute Gasteiger partial charge is 0.268 e. The number of hydrogen-bond acceptors (Lipinski definition) is 3. The highest BCUT2D eigenvalue weighted by molar-refractivity contribution is 6.32. The van der Waals surface area contributed by atoms with Crippen molar-refractivity contribution >= 4 is 23.2 Å². The normalized spacial score (nSPS) is 12.4. The summed E-state index contributed by atoms with van der Waals surface area (Å²) in [4.78, 5) is 17.8. The molecule has 0 aromatic heterocycles. The van der Waals surface area contributed by atoms with Crippen LogP contribution in [0.3, 0.4) is 0 Å². The molecular formula is C14H20ClNO3. The summed E-state index contributed by atoms with van der Waals surface area (Å²) in [5.74, 6) is 0.259. The van der Waals surface area contributed by atoms with Crippen molar-refractivity contribution in [3.05, 3.63) is 23.8 Å². The Hall–Kier alpha value is -1.26. The Kier molecular flexibility index (Phi) is 5.63. The average Bonchev–Trinajstić information content (AvgIpc) is 2.34. The van der Waals surface area contributed by atoms with Crippen molar-refractivity contribution in [2.45, 2.75) is 39.2 Å². The number of carbonyl (C=O) groups is 1. The monoisotopic (exact) mass is 285 g/mol. The zero-order chi connectivity index (χ0) is 14.6. The van der Waals surface area contributed by atoms with Crippen LogP contribution in [0.4, 0.5) is 5.69 Å². The summed E-state index contributed by atoms with van der Waals surface area (Å²) >= 11 is 5.89. The quantitative estimate of drug-likeness (QED) is 0.615. The highest BCUT2D eigenvalue weighted by atomic mass is 35.5. The Balaban J connectivity index is 3.28. The second-order valence-corrected chi connectivity index (χ2v) is 5.18. The largest absolute Gasteiger partial charge is 0.494 e. The summed E-state index contributed by atoms with van der Waals surface area (Å²) in [6, 6.07) is 5.53. The van der Waals surface area contributed by atoms with Crippen molar-refractivity contribution in [1.82, 2.24) is 0 Å². The maximum Gasteiger partial charge on any atom is 0.268 e. The number of carbonyl (C=O) groups excluding carboxylic acids is 1. The molecule has 0 aliphatic carbocycles. The first-order valence-electron chi connectivity index (χ1n) is 6.16. The number of hydrogen-bond donors (Lipinski definition) is 0. The standard InChI is InChI=1S/C14H20ClNO3/c1-9(2)19-16(14(17)11(4)15)13-10(3)7-6-8-12(13)18-5/h6-9,11H,1-5H3. The third-order valence-corrected chi connectivity index (χ3v) is 2.67. The van der Waals surface area contributed by atoms with Gasteiger partial charge in [0.15, 0.2) is 0 Å². The van der Waals surface area contributed by atoms with Crippen LogP contribution in [0.15, 0.2) is 18.2 Å². The Morgan fingerprint density at radius 1 is 1.32 bits per heavy atom. The minimum absolute atomic E-state index is 0.149. The maximum atomic E-state index is 12.2. The number of ether oxygens (including phenoxy) is 1. The Bertz CT molecular complexity index is 446. The van der Waals surface area contributed by atoms with Gasteiger partial charge in [-0.05, 0) is 39.3 Å². The van der Waals surface area contributed by atoms with E-state index in [-0.39, 0.29) is 12.0 Å². The minimum Gasteiger partial charge on any atom is -0.494 e. The topological polar surface area (TPSA) is 38.8 Å². The minimum atomic E-state index is -0.678. The van der Waals surface area contributed by atoms with E-state index in [2.05, 4.69) is 0 Å². The number of benzene rings is 1. The molecule has 0 radical (unpaired) electrons. The van der Waals surface area contributed by atoms with Gasteiger partial charge in [-0.3, -0.25) is 9.63 Å². The molecule has 1 atom stereocenters. The fourth-order valence-electron chi connectivity index (χ4n) is 1.64. The molecule has 0 bridgehead atoms. The molecule has 1 aromatic rings. The first-order valence-corrected chi connectivity index (χ1v) is 6.60. The van der Waals surface area contributed by atoms with Gasteiger partial charge >= 0.3 is 0 Å². The predicted molar refractivity (Wildman–Crippen MR) is 76.8 cm³/mol. The van der Waals surface area contributed by atoms with E-state index in [1.807, 2.05) is 32.9 Å². The van der Waals surface area contributed by atoms with Gasteiger partial charge in [0.05, 0.1) is 13.2 Å². The molecule has 1 unspecified atom stereocenters. The number of para-hydroxylation sites is 1. The third-order valence-electron chi connectivity index (χ3n) is 2.48. The number of rotatable bonds is 5. The van der Waals surface area contributed by atoms with Crippen LogP contribution in [0.5, 0.6) is 5.75 Å². The Morgan fingerprint density at radius 2 is 1.95 bits per heavy atom. The number of nitrogens with zero attached hydrogens (tertiary/aromatic N) is 1. The highest BCUT2D eigenvalue weighted by Gasteiger charge is 2.26. The lowest BCUT2D eigenvalue weighted by molar-refractivity contribution is -0.127. The van der Waals surface area contributed by atoms with Crippen LogP contribution in [0, 0.1) is 6.92 Å². The fraction of sp³-hybridized carbons (Fsp3) is 0.500. The van der Waals surface area contributed by atoms with Gasteiger partial charge < -0.3 is 4.74 Å². The lowest BCUT2D eigenvalue weighted by Gasteiger charge is -2.27. The van der Waals surface area contributed by atoms with Gasteiger partial charge in [-0.2, -0.15) is 5.06 Å². The first kappa shape index (κ1) is 15.8. The number of amides is 1. The number of anilines is 1. The van der Waals surface area contributed by atoms with Crippen molar-refractivity contribution in [3.8, 4) is 5.75 Å². The summed E-state index contributed by atoms with van der Waals surface area (Å²) in [5.41, 5.74) is 1.47. The van der Waals surface area contributed by atoms with Gasteiger partial charge in [0, 0.05) is 0 Å². The molecule has 0 aliphatic rings. The van der Waals surface area contributed by atoms with Gasteiger partial charge in [-0.25, -0.2) is 0 Å². The van der Waals surface area contributed by atoms with E-state index in [9.17, 15) is 4.79 Å². The molecule has 0 spiro atoms. The molecule has 19 heavy (non-hydrogen) atoms. The molecule has 1 amide bonds. The van der Waals surface area contributed by atoms with Crippen LogP contribution >= 0.6 is 11.6 Å². The molecule has 0 N–H and O–H groups in total. The number of hydroxylamine groups is 1. The molecule has 0 fully saturated rings. The van der Waals surface area contributed by atoms with E-state index in [0.29, 0.717) is 11.4 Å². The van der Waals surface area contributed by atoms with Crippen LogP contribution in [0.1, 0.15) is 26.3 Å². The zero-order valence-electron chi connectivity index (χ0n) is 11.9. The van der Waals surface area contributed by atoms with Gasteiger partial charge in [0.25, 0.3) is 5.91 Å². The molecule has 1 aromatic carbocycles. The molecule has 1 rings (SSSR count). The number of alkyl halides is 1. The van der Waals surface area contributed by atoms with E-state index in [1.54, 1.807) is 20.1 Å². The molecule has 106 valence electrons. The first-order chi connectivity index (χ1) is 8.88. The van der Waals surface area contributed by atoms with Crippen LogP contribution in [-0.2, 0) is 9.63 Å². The van der Waals surface area contributed by atoms with E-state index in [4.69, 9.17) is 21.2 Å². The summed E-state index contributed by atoms with van der Waals surface area (Å²) in [6.45, 7) is 7.21. The lowest BCUT2D eigenvalue weighted by Crippen LogP contribution is -2.38. The van der Waals surface area contributed by atoms with E-state index in [0.717, 1.165) is 5.56 Å². The molecule has 4 nitrogen and oxygen atoms in total. The maximum absolute atomic E-state index is 12.2. The van der Waals surface area contributed by atoms with Crippen molar-refractivity contribution in [2.24, 2.45) is 0 Å². The summed E-state index contributed by atoms with van der Waals surface area (Å²) in [6.07, 6.45) is -0.149. The second kappa shape index (κ2) is 6.78. The average molecular weight is 286 g/mol. The summed E-state index contributed by atoms with van der Waals surface area (Å²) < 4.78 is 5.30. The molecule has 0 saturated heterocycles. The molecule has 5 heteroatoms. The highest BCUT2D eigenvalue weighted by Crippen LogP contribution is 2.33. The third kappa shape index (κ3) is 3.85. The van der Waals surface area contributed by atoms with Crippen LogP contribution < -0.4 is 9.80 Å². The Morgan fingerprint density at radius 3 is 2.42 bits per heavy atom. The number of methoxy groups -OCH3 is 1. The van der Waals surface area contributed by atoms with Crippen LogP contribution in [0.25, 0.3) is 0 Å². The number of halogens is 1. The summed E-state index contributed by atoms with van der Waals surface area (Å²) in [5, 5.41) is 0.555. The Labute approximate surface area is 119 Å². The zero-order valence-corrected chi connectivity index (χ0v) is 12.7. The van der Waals surface area contributed by atoms with Crippen LogP contribution in [-0.4, -0.2) is 24.5 Å². The van der Waals surface area contributed by atoms with Crippen LogP contribution in [0.2, 0.25) is 0 Å². The molecule has 0 saturated carbocycles. The van der Waals surface area contributed by atoms with Crippen molar-refractivity contribution in [3.63, 3.8) is 0 Å². The second-order valence-electron chi connectivity index (χ2n) is 4.53. The van der Waals surface area contributed by atoms with Crippen molar-refractivity contribution in [2.75, 3.05) is 12.2 Å². The van der Waals surface area contributed by atoms with Gasteiger partial charge in [0.1, 0.15) is 16.8 Å². The van der Waals surface area contributed by atoms with Crippen molar-refractivity contribution in [1.29, 1.82) is 0 Å². The van der Waals surface area contributed by atoms with Gasteiger partial charge in [0.2, 0.25) is 0 Å². The van der Waals surface area contributed by atoms with Crippen molar-refractivity contribution < 1.29 is 14.4 Å². The summed E-state index contributed by atoms with van der Waals surface area (Å²) in [7, 11) is 1.56. The molecule has 0 heterocycles. The number of aryl methyl sites for hydroxylation is 1. The fourth-order valence-corrected chi connectivity index (χ4v) is 1.73. The molecular weight excluding hydrogens is 266 g/mol. The lowest BCUT2D eigenvalue weighted by atomic mass is 10.1. The predicted octanol–water partition coefficient (Wildman–Crippen LogP) is 3.30. The van der Waals surface area contributed by atoms with Gasteiger partial charge in [-0.1, -0.05) is 12.1 Å². The van der Waals surface area contributed by atoms with E-state index >= 15 is 0 Å². The van der Waals surface area contributed by atoms with Gasteiger partial charge in [-0.15, -0.1) is 11.6 Å². The SMILES string of the molecule is COc1cccc(C)c1N(OC(C)C)C(=O)C(C)Cl.